The second kappa shape index (κ2) is 8.39. The van der Waals surface area contributed by atoms with E-state index in [1.165, 1.54) is 18.2 Å². The van der Waals surface area contributed by atoms with Crippen LogP contribution in [0.15, 0.2) is 47.4 Å². The van der Waals surface area contributed by atoms with Crippen molar-refractivity contribution < 1.29 is 32.2 Å². The standard InChI is InChI=1S/C19H21NO7S/c1-3-24-15-6-8-16(9-7-15)28(22,23)20(12-19(21)25-4-2)14-5-10-17-18(11-14)27-13-26-17/h5-11H,3-4,12-13H2,1-2H3. The first kappa shape index (κ1) is 19.8. The Morgan fingerprint density at radius 2 is 1.75 bits per heavy atom. The van der Waals surface area contributed by atoms with Gasteiger partial charge in [0.2, 0.25) is 6.79 Å². The SMILES string of the molecule is CCOC(=O)CN(c1ccc2c(c1)OCO2)S(=O)(=O)c1ccc(OCC)cc1. The van der Waals surface area contributed by atoms with Crippen LogP contribution in [0.3, 0.4) is 0 Å². The van der Waals surface area contributed by atoms with Gasteiger partial charge in [0, 0.05) is 6.07 Å². The quantitative estimate of drug-likeness (QED) is 0.621. The molecule has 2 aromatic carbocycles. The number of hydrogen-bond donors (Lipinski definition) is 0. The molecule has 2 aromatic rings. The molecule has 0 N–H and O–H groups in total. The Hall–Kier alpha value is -2.94. The van der Waals surface area contributed by atoms with Gasteiger partial charge in [0.25, 0.3) is 10.0 Å². The van der Waals surface area contributed by atoms with Gasteiger partial charge in [0.05, 0.1) is 23.8 Å². The van der Waals surface area contributed by atoms with Crippen molar-refractivity contribution in [1.29, 1.82) is 0 Å². The Morgan fingerprint density at radius 1 is 1.04 bits per heavy atom. The number of carbonyl (C=O) groups is 1. The molecular weight excluding hydrogens is 386 g/mol. The van der Waals surface area contributed by atoms with Crippen LogP contribution in [0.25, 0.3) is 0 Å². The molecule has 0 bridgehead atoms. The number of fused-ring (bicyclic) bond motifs is 1. The molecule has 0 saturated carbocycles. The molecule has 0 unspecified atom stereocenters. The number of carbonyl (C=O) groups excluding carboxylic acids is 1. The Balaban J connectivity index is 1.98. The lowest BCUT2D eigenvalue weighted by molar-refractivity contribution is -0.141. The molecule has 0 saturated heterocycles. The lowest BCUT2D eigenvalue weighted by Crippen LogP contribution is -2.36. The molecule has 0 fully saturated rings. The summed E-state index contributed by atoms with van der Waals surface area (Å²) in [4.78, 5) is 12.1. The van der Waals surface area contributed by atoms with E-state index in [0.29, 0.717) is 23.9 Å². The average Bonchev–Trinajstić information content (AvgIpc) is 3.15. The number of nitrogens with zero attached hydrogens (tertiary/aromatic N) is 1. The molecule has 1 aliphatic heterocycles. The summed E-state index contributed by atoms with van der Waals surface area (Å²) in [5.41, 5.74) is 0.270. The van der Waals surface area contributed by atoms with Crippen LogP contribution in [-0.4, -0.2) is 40.9 Å². The highest BCUT2D eigenvalue weighted by molar-refractivity contribution is 7.92. The smallest absolute Gasteiger partial charge is 0.326 e. The summed E-state index contributed by atoms with van der Waals surface area (Å²) in [6.07, 6.45) is 0. The molecule has 0 amide bonds. The molecule has 0 aliphatic carbocycles. The van der Waals surface area contributed by atoms with Crippen molar-refractivity contribution in [2.45, 2.75) is 18.7 Å². The van der Waals surface area contributed by atoms with E-state index in [1.54, 1.807) is 31.2 Å². The van der Waals surface area contributed by atoms with E-state index < -0.39 is 22.5 Å². The Morgan fingerprint density at radius 3 is 2.43 bits per heavy atom. The van der Waals surface area contributed by atoms with Crippen molar-refractivity contribution in [2.75, 3.05) is 30.9 Å². The maximum atomic E-state index is 13.2. The maximum absolute atomic E-state index is 13.2. The van der Waals surface area contributed by atoms with Crippen LogP contribution < -0.4 is 18.5 Å². The lowest BCUT2D eigenvalue weighted by atomic mass is 10.3. The van der Waals surface area contributed by atoms with Crippen LogP contribution in [0.2, 0.25) is 0 Å². The monoisotopic (exact) mass is 407 g/mol. The zero-order valence-corrected chi connectivity index (χ0v) is 16.4. The molecule has 1 heterocycles. The number of sulfonamides is 1. The molecule has 8 nitrogen and oxygen atoms in total. The number of hydrogen-bond acceptors (Lipinski definition) is 7. The first-order chi connectivity index (χ1) is 13.5. The van der Waals surface area contributed by atoms with Gasteiger partial charge >= 0.3 is 5.97 Å². The fraction of sp³-hybridized carbons (Fsp3) is 0.316. The summed E-state index contributed by atoms with van der Waals surface area (Å²) in [5.74, 6) is 0.822. The summed E-state index contributed by atoms with van der Waals surface area (Å²) < 4.78 is 48.4. The second-order valence-corrected chi connectivity index (χ2v) is 7.62. The molecule has 0 aromatic heterocycles. The second-order valence-electron chi connectivity index (χ2n) is 5.76. The van der Waals surface area contributed by atoms with Gasteiger partial charge in [-0.3, -0.25) is 9.10 Å². The first-order valence-corrected chi connectivity index (χ1v) is 10.2. The van der Waals surface area contributed by atoms with Gasteiger partial charge in [-0.25, -0.2) is 8.42 Å². The largest absolute Gasteiger partial charge is 0.494 e. The van der Waals surface area contributed by atoms with Gasteiger partial charge in [-0.2, -0.15) is 0 Å². The zero-order valence-electron chi connectivity index (χ0n) is 15.6. The minimum atomic E-state index is -4.04. The molecule has 0 spiro atoms. The summed E-state index contributed by atoms with van der Waals surface area (Å²) in [6, 6.07) is 10.7. The van der Waals surface area contributed by atoms with Crippen LogP contribution >= 0.6 is 0 Å². The van der Waals surface area contributed by atoms with Crippen molar-refractivity contribution in [1.82, 2.24) is 0 Å². The molecular formula is C19H21NO7S. The van der Waals surface area contributed by atoms with E-state index >= 15 is 0 Å². The number of benzene rings is 2. The summed E-state index contributed by atoms with van der Waals surface area (Å²) in [7, 11) is -4.04. The van der Waals surface area contributed by atoms with Crippen LogP contribution in [0.5, 0.6) is 17.2 Å². The highest BCUT2D eigenvalue weighted by Gasteiger charge is 2.29. The molecule has 9 heteroatoms. The number of rotatable bonds is 8. The van der Waals surface area contributed by atoms with Crippen LogP contribution in [0.1, 0.15) is 13.8 Å². The topological polar surface area (TPSA) is 91.4 Å². The number of anilines is 1. The van der Waals surface area contributed by atoms with Crippen molar-refractivity contribution in [3.63, 3.8) is 0 Å². The molecule has 0 atom stereocenters. The van der Waals surface area contributed by atoms with E-state index in [2.05, 4.69) is 0 Å². The first-order valence-electron chi connectivity index (χ1n) is 8.76. The van der Waals surface area contributed by atoms with Gasteiger partial charge in [-0.1, -0.05) is 0 Å². The Labute approximate surface area is 163 Å². The lowest BCUT2D eigenvalue weighted by Gasteiger charge is -2.24. The average molecular weight is 407 g/mol. The van der Waals surface area contributed by atoms with Crippen molar-refractivity contribution in [2.24, 2.45) is 0 Å². The van der Waals surface area contributed by atoms with Gasteiger partial charge in [-0.15, -0.1) is 0 Å². The minimum absolute atomic E-state index is 0.0259. The van der Waals surface area contributed by atoms with Gasteiger partial charge in [0.1, 0.15) is 12.3 Å². The van der Waals surface area contributed by atoms with E-state index in [9.17, 15) is 13.2 Å². The van der Waals surface area contributed by atoms with Crippen LogP contribution in [-0.2, 0) is 19.6 Å². The summed E-state index contributed by atoms with van der Waals surface area (Å²) in [6.45, 7) is 3.70. The highest BCUT2D eigenvalue weighted by atomic mass is 32.2. The third-order valence-corrected chi connectivity index (χ3v) is 5.73. The minimum Gasteiger partial charge on any atom is -0.494 e. The summed E-state index contributed by atoms with van der Waals surface area (Å²) in [5, 5.41) is 0. The van der Waals surface area contributed by atoms with E-state index in [1.807, 2.05) is 6.92 Å². The highest BCUT2D eigenvalue weighted by Crippen LogP contribution is 2.37. The fourth-order valence-corrected chi connectivity index (χ4v) is 4.08. The maximum Gasteiger partial charge on any atom is 0.326 e. The van der Waals surface area contributed by atoms with Gasteiger partial charge in [0.15, 0.2) is 11.5 Å². The fourth-order valence-electron chi connectivity index (χ4n) is 2.68. The van der Waals surface area contributed by atoms with Crippen molar-refractivity contribution >= 4 is 21.7 Å². The van der Waals surface area contributed by atoms with Gasteiger partial charge in [-0.05, 0) is 50.2 Å². The van der Waals surface area contributed by atoms with E-state index in [0.717, 1.165) is 4.31 Å². The predicted octanol–water partition coefficient (Wildman–Crippen LogP) is 2.57. The van der Waals surface area contributed by atoms with Crippen LogP contribution in [0, 0.1) is 0 Å². The molecule has 150 valence electrons. The van der Waals surface area contributed by atoms with Crippen LogP contribution in [0.4, 0.5) is 5.69 Å². The van der Waals surface area contributed by atoms with Crippen molar-refractivity contribution in [3.05, 3.63) is 42.5 Å². The number of ether oxygens (including phenoxy) is 4. The molecule has 1 aliphatic rings. The van der Waals surface area contributed by atoms with Crippen molar-refractivity contribution in [3.8, 4) is 17.2 Å². The zero-order chi connectivity index (χ0) is 20.1. The number of esters is 1. The predicted molar refractivity (Wildman–Crippen MR) is 101 cm³/mol. The third kappa shape index (κ3) is 4.14. The van der Waals surface area contributed by atoms with Gasteiger partial charge < -0.3 is 18.9 Å². The normalized spacial score (nSPS) is 12.5. The third-order valence-electron chi connectivity index (χ3n) is 3.94. The molecule has 0 radical (unpaired) electrons. The Kier molecular flexibility index (Phi) is 5.93. The molecule has 3 rings (SSSR count). The van der Waals surface area contributed by atoms with E-state index in [4.69, 9.17) is 18.9 Å². The van der Waals surface area contributed by atoms with E-state index in [-0.39, 0.29) is 24.0 Å². The molecule has 28 heavy (non-hydrogen) atoms. The Bertz CT molecular complexity index is 941. The summed E-state index contributed by atoms with van der Waals surface area (Å²) >= 11 is 0.